The summed E-state index contributed by atoms with van der Waals surface area (Å²) in [6, 6.07) is 44.5. The summed E-state index contributed by atoms with van der Waals surface area (Å²) in [6.45, 7) is 9.90. The fourth-order valence-electron chi connectivity index (χ4n) is 6.42. The number of azo groups is 2. The van der Waals surface area contributed by atoms with E-state index in [1.807, 2.05) is 72.8 Å². The van der Waals surface area contributed by atoms with Gasteiger partial charge in [-0.3, -0.25) is 0 Å². The Balaban J connectivity index is 0.992. The highest BCUT2D eigenvalue weighted by Gasteiger charge is 2.14. The van der Waals surface area contributed by atoms with Crippen molar-refractivity contribution in [1.29, 1.82) is 0 Å². The quantitative estimate of drug-likeness (QED) is 0.117. The fraction of sp³-hybridized carbons (Fsp3) is 0.174. The molecule has 8 rings (SSSR count). The zero-order chi connectivity index (χ0) is 37.7. The number of benzene rings is 7. The van der Waals surface area contributed by atoms with Crippen LogP contribution in [0.15, 0.2) is 154 Å². The van der Waals surface area contributed by atoms with Crippen LogP contribution in [0.5, 0.6) is 11.5 Å². The van der Waals surface area contributed by atoms with Gasteiger partial charge in [0.05, 0.1) is 47.7 Å². The normalized spacial score (nSPS) is 12.0. The second-order valence-corrected chi connectivity index (χ2v) is 14.8. The van der Waals surface area contributed by atoms with E-state index in [9.17, 15) is 0 Å². The van der Waals surface area contributed by atoms with Gasteiger partial charge in [-0.1, -0.05) is 113 Å². The van der Waals surface area contributed by atoms with Crippen molar-refractivity contribution in [2.24, 2.45) is 32.3 Å². The molecule has 0 fully saturated rings. The topological polar surface area (TPSA) is 93.7 Å². The molecule has 0 amide bonds. The standard InChI is InChI=1S/C46H40N6O2S/c1-29(2)27-53-43-25-23-41(37-9-5-7-11-39(37)43)49-47-33-17-13-31(14-18-33)35-21-22-36(46-45(35)51-55-52-46)32-15-19-34(20-16-32)48-50-42-24-26-44(54-28-30(3)4)40-12-8-6-10-38(40)42/h5-26,29-30H,27-28H2,1-4H3. The SMILES string of the molecule is CC(C)COc1ccc(N=Nc2ccc(-c3ccc(-c4ccc(N=Nc5ccc(OCC(C)C)c6ccccc56)cc4)c4nsnc34)cc2)c2ccccc12. The molecule has 8 nitrogen and oxygen atoms in total. The van der Waals surface area contributed by atoms with Crippen molar-refractivity contribution in [3.8, 4) is 33.8 Å². The van der Waals surface area contributed by atoms with Crippen LogP contribution in [0.1, 0.15) is 27.7 Å². The first-order valence-corrected chi connectivity index (χ1v) is 19.2. The molecular weight excluding hydrogens is 701 g/mol. The second kappa shape index (κ2) is 16.0. The number of rotatable bonds is 12. The molecule has 1 aromatic heterocycles. The van der Waals surface area contributed by atoms with Gasteiger partial charge in [0.15, 0.2) is 0 Å². The van der Waals surface area contributed by atoms with Gasteiger partial charge in [-0.25, -0.2) is 0 Å². The third-order valence-corrected chi connectivity index (χ3v) is 9.71. The Labute approximate surface area is 324 Å². The molecular formula is C46H40N6O2S. The summed E-state index contributed by atoms with van der Waals surface area (Å²) in [5.41, 5.74) is 8.92. The molecule has 0 bridgehead atoms. The van der Waals surface area contributed by atoms with Gasteiger partial charge in [-0.05, 0) is 71.5 Å². The van der Waals surface area contributed by atoms with Crippen LogP contribution >= 0.6 is 11.7 Å². The Morgan fingerprint density at radius 1 is 0.455 bits per heavy atom. The Kier molecular flexibility index (Phi) is 10.4. The molecule has 7 aromatic carbocycles. The lowest BCUT2D eigenvalue weighted by Gasteiger charge is -2.12. The van der Waals surface area contributed by atoms with Crippen LogP contribution in [0.25, 0.3) is 54.8 Å². The van der Waals surface area contributed by atoms with E-state index in [0.717, 1.165) is 89.1 Å². The monoisotopic (exact) mass is 740 g/mol. The fourth-order valence-corrected chi connectivity index (χ4v) is 6.99. The molecule has 0 aliphatic heterocycles. The number of hydrogen-bond donors (Lipinski definition) is 0. The third-order valence-electron chi connectivity index (χ3n) is 9.18. The lowest BCUT2D eigenvalue weighted by atomic mass is 9.97. The maximum Gasteiger partial charge on any atom is 0.127 e. The molecule has 0 aliphatic rings. The molecule has 0 radical (unpaired) electrons. The minimum atomic E-state index is 0.441. The number of hydrogen-bond acceptors (Lipinski definition) is 9. The van der Waals surface area contributed by atoms with E-state index in [1.54, 1.807) is 0 Å². The van der Waals surface area contributed by atoms with Gasteiger partial charge in [-0.2, -0.15) is 19.0 Å². The lowest BCUT2D eigenvalue weighted by molar-refractivity contribution is 0.274. The number of ether oxygens (including phenoxy) is 2. The van der Waals surface area contributed by atoms with E-state index in [4.69, 9.17) is 18.2 Å². The van der Waals surface area contributed by atoms with Crippen LogP contribution < -0.4 is 9.47 Å². The number of aromatic nitrogens is 2. The molecule has 55 heavy (non-hydrogen) atoms. The van der Waals surface area contributed by atoms with E-state index in [0.29, 0.717) is 25.0 Å². The molecule has 0 saturated heterocycles. The van der Waals surface area contributed by atoms with Gasteiger partial charge in [0.2, 0.25) is 0 Å². The molecule has 0 saturated carbocycles. The molecule has 272 valence electrons. The Morgan fingerprint density at radius 2 is 0.855 bits per heavy atom. The molecule has 0 N–H and O–H groups in total. The summed E-state index contributed by atoms with van der Waals surface area (Å²) in [5.74, 6) is 2.60. The summed E-state index contributed by atoms with van der Waals surface area (Å²) in [7, 11) is 0. The van der Waals surface area contributed by atoms with Crippen LogP contribution in [0.2, 0.25) is 0 Å². The summed E-state index contributed by atoms with van der Waals surface area (Å²) >= 11 is 1.22. The molecule has 0 atom stereocenters. The smallest absolute Gasteiger partial charge is 0.127 e. The lowest BCUT2D eigenvalue weighted by Crippen LogP contribution is -2.04. The highest BCUT2D eigenvalue weighted by molar-refractivity contribution is 7.00. The van der Waals surface area contributed by atoms with E-state index < -0.39 is 0 Å². The number of fused-ring (bicyclic) bond motifs is 3. The first kappa shape index (κ1) is 35.7. The van der Waals surface area contributed by atoms with Crippen molar-refractivity contribution < 1.29 is 9.47 Å². The zero-order valence-corrected chi connectivity index (χ0v) is 32.0. The number of nitrogens with zero attached hydrogens (tertiary/aromatic N) is 6. The maximum atomic E-state index is 6.07. The van der Waals surface area contributed by atoms with Gasteiger partial charge < -0.3 is 9.47 Å². The van der Waals surface area contributed by atoms with Crippen molar-refractivity contribution in [3.05, 3.63) is 133 Å². The van der Waals surface area contributed by atoms with Gasteiger partial charge in [0.25, 0.3) is 0 Å². The van der Waals surface area contributed by atoms with E-state index >= 15 is 0 Å². The van der Waals surface area contributed by atoms with Crippen LogP contribution in [-0.4, -0.2) is 22.0 Å². The average Bonchev–Trinajstić information content (AvgIpc) is 3.71. The van der Waals surface area contributed by atoms with E-state index in [1.165, 1.54) is 11.7 Å². The Hall–Kier alpha value is -6.32. The minimum Gasteiger partial charge on any atom is -0.493 e. The summed E-state index contributed by atoms with van der Waals surface area (Å²) in [4.78, 5) is 0. The van der Waals surface area contributed by atoms with E-state index in [-0.39, 0.29) is 0 Å². The average molecular weight is 741 g/mol. The highest BCUT2D eigenvalue weighted by Crippen LogP contribution is 2.38. The van der Waals surface area contributed by atoms with Gasteiger partial charge in [0, 0.05) is 32.7 Å². The molecule has 0 aliphatic carbocycles. The predicted octanol–water partition coefficient (Wildman–Crippen LogP) is 14.2. The van der Waals surface area contributed by atoms with Gasteiger partial charge >= 0.3 is 0 Å². The van der Waals surface area contributed by atoms with E-state index in [2.05, 4.69) is 109 Å². The van der Waals surface area contributed by atoms with Crippen LogP contribution in [0, 0.1) is 11.8 Å². The molecule has 0 spiro atoms. The summed E-state index contributed by atoms with van der Waals surface area (Å²) in [6.07, 6.45) is 0. The first-order chi connectivity index (χ1) is 26.9. The second-order valence-electron chi connectivity index (χ2n) is 14.3. The van der Waals surface area contributed by atoms with Crippen molar-refractivity contribution in [2.45, 2.75) is 27.7 Å². The van der Waals surface area contributed by atoms with Gasteiger partial charge in [-0.15, -0.1) is 10.2 Å². The van der Waals surface area contributed by atoms with Crippen LogP contribution in [0.3, 0.4) is 0 Å². The Bertz CT molecular complexity index is 2480. The molecule has 8 aromatic rings. The zero-order valence-electron chi connectivity index (χ0n) is 31.2. The summed E-state index contributed by atoms with van der Waals surface area (Å²) < 4.78 is 21.6. The third kappa shape index (κ3) is 7.84. The first-order valence-electron chi connectivity index (χ1n) is 18.5. The summed E-state index contributed by atoms with van der Waals surface area (Å²) in [5, 5.41) is 22.5. The molecule has 9 heteroatoms. The van der Waals surface area contributed by atoms with Crippen molar-refractivity contribution >= 4 is 67.1 Å². The molecule has 0 unspecified atom stereocenters. The van der Waals surface area contributed by atoms with Gasteiger partial charge in [0.1, 0.15) is 22.5 Å². The predicted molar refractivity (Wildman–Crippen MR) is 225 cm³/mol. The minimum absolute atomic E-state index is 0.441. The van der Waals surface area contributed by atoms with Crippen LogP contribution in [-0.2, 0) is 0 Å². The van der Waals surface area contributed by atoms with Crippen LogP contribution in [0.4, 0.5) is 22.7 Å². The largest absolute Gasteiger partial charge is 0.493 e. The van der Waals surface area contributed by atoms with Crippen molar-refractivity contribution in [2.75, 3.05) is 13.2 Å². The van der Waals surface area contributed by atoms with Crippen molar-refractivity contribution in [3.63, 3.8) is 0 Å². The molecule has 1 heterocycles. The Morgan fingerprint density at radius 3 is 1.25 bits per heavy atom. The maximum absolute atomic E-state index is 6.07. The highest BCUT2D eigenvalue weighted by atomic mass is 32.1. The van der Waals surface area contributed by atoms with Crippen molar-refractivity contribution in [1.82, 2.24) is 8.75 Å².